The normalized spacial score (nSPS) is 12.6. The number of benzene rings is 1. The molecule has 0 aliphatic rings. The summed E-state index contributed by atoms with van der Waals surface area (Å²) in [4.78, 5) is 41.9. The van der Waals surface area contributed by atoms with E-state index in [1.807, 2.05) is 26.8 Å². The van der Waals surface area contributed by atoms with Gasteiger partial charge in [-0.3, -0.25) is 19.5 Å². The van der Waals surface area contributed by atoms with Gasteiger partial charge in [-0.2, -0.15) is 0 Å². The number of fused-ring (bicyclic) bond motifs is 1. The molecule has 1 unspecified atom stereocenters. The highest BCUT2D eigenvalue weighted by atomic mass is 32.2. The monoisotopic (exact) mass is 420 g/mol. The highest BCUT2D eigenvalue weighted by Crippen LogP contribution is 2.23. The summed E-state index contributed by atoms with van der Waals surface area (Å²) in [6.07, 6.45) is 0.637. The number of amides is 3. The van der Waals surface area contributed by atoms with Crippen molar-refractivity contribution in [2.45, 2.75) is 56.6 Å². The van der Waals surface area contributed by atoms with Gasteiger partial charge in [0.2, 0.25) is 5.91 Å². The van der Waals surface area contributed by atoms with E-state index in [1.165, 1.54) is 0 Å². The maximum absolute atomic E-state index is 12.9. The van der Waals surface area contributed by atoms with Gasteiger partial charge in [-0.15, -0.1) is 0 Å². The largest absolute Gasteiger partial charge is 0.385 e. The molecule has 1 aromatic carbocycles. The minimum absolute atomic E-state index is 0.160. The number of carbonyl (C=O) groups is 2. The van der Waals surface area contributed by atoms with Crippen LogP contribution in [0, 0.1) is 0 Å². The molecule has 0 saturated carbocycles. The summed E-state index contributed by atoms with van der Waals surface area (Å²) in [7, 11) is 1.60. The molecule has 158 valence electrons. The zero-order valence-corrected chi connectivity index (χ0v) is 18.3. The number of aromatic nitrogens is 2. The number of nitrogens with one attached hydrogen (secondary N) is 2. The minimum Gasteiger partial charge on any atom is -0.385 e. The molecule has 3 amide bonds. The quantitative estimate of drug-likeness (QED) is 0.405. The molecular weight excluding hydrogens is 392 g/mol. The SMILES string of the molecule is COCCCn1c(SC(C)C(=O)NC(=O)NC(C)(C)C)nc2ccccc2c1=O. The molecule has 8 nitrogen and oxygen atoms in total. The Hall–Kier alpha value is -2.39. The van der Waals surface area contributed by atoms with Crippen molar-refractivity contribution in [2.75, 3.05) is 13.7 Å². The molecule has 1 atom stereocenters. The standard InChI is InChI=1S/C20H28N4O4S/c1-13(16(25)22-18(27)23-20(2,3)4)29-19-21-15-10-7-6-9-14(15)17(26)24(19)11-8-12-28-5/h6-7,9-10,13H,8,11-12H2,1-5H3,(H2,22,23,25,27). The zero-order chi connectivity index (χ0) is 21.6. The van der Waals surface area contributed by atoms with E-state index < -0.39 is 22.7 Å². The Morgan fingerprint density at radius 1 is 1.28 bits per heavy atom. The molecule has 0 spiro atoms. The first-order chi connectivity index (χ1) is 13.6. The van der Waals surface area contributed by atoms with Crippen molar-refractivity contribution < 1.29 is 14.3 Å². The van der Waals surface area contributed by atoms with Crippen molar-refractivity contribution in [3.63, 3.8) is 0 Å². The van der Waals surface area contributed by atoms with Crippen molar-refractivity contribution >= 4 is 34.6 Å². The fourth-order valence-electron chi connectivity index (χ4n) is 2.60. The van der Waals surface area contributed by atoms with Gasteiger partial charge in [0.15, 0.2) is 5.16 Å². The first-order valence-electron chi connectivity index (χ1n) is 9.40. The van der Waals surface area contributed by atoms with Gasteiger partial charge in [-0.1, -0.05) is 23.9 Å². The van der Waals surface area contributed by atoms with E-state index in [0.717, 1.165) is 11.8 Å². The maximum Gasteiger partial charge on any atom is 0.321 e. The van der Waals surface area contributed by atoms with E-state index in [2.05, 4.69) is 15.6 Å². The number of rotatable bonds is 7. The molecule has 29 heavy (non-hydrogen) atoms. The van der Waals surface area contributed by atoms with Crippen LogP contribution in [0.25, 0.3) is 10.9 Å². The van der Waals surface area contributed by atoms with E-state index in [1.54, 1.807) is 36.8 Å². The highest BCUT2D eigenvalue weighted by Gasteiger charge is 2.22. The molecule has 1 aromatic heterocycles. The number of methoxy groups -OCH3 is 1. The number of carbonyl (C=O) groups excluding carboxylic acids is 2. The number of thioether (sulfide) groups is 1. The second-order valence-corrected chi connectivity index (χ2v) is 8.98. The molecule has 2 N–H and O–H groups in total. The lowest BCUT2D eigenvalue weighted by atomic mass is 10.1. The highest BCUT2D eigenvalue weighted by molar-refractivity contribution is 8.00. The van der Waals surface area contributed by atoms with Crippen LogP contribution in [-0.2, 0) is 16.1 Å². The number of hydrogen-bond acceptors (Lipinski definition) is 6. The average Bonchev–Trinajstić information content (AvgIpc) is 2.62. The van der Waals surface area contributed by atoms with Gasteiger partial charge >= 0.3 is 6.03 Å². The van der Waals surface area contributed by atoms with Crippen LogP contribution >= 0.6 is 11.8 Å². The topological polar surface area (TPSA) is 102 Å². The fraction of sp³-hybridized carbons (Fsp3) is 0.500. The maximum atomic E-state index is 12.9. The number of nitrogens with zero attached hydrogens (tertiary/aromatic N) is 2. The van der Waals surface area contributed by atoms with Crippen molar-refractivity contribution in [1.82, 2.24) is 20.2 Å². The van der Waals surface area contributed by atoms with Crippen molar-refractivity contribution in [3.8, 4) is 0 Å². The summed E-state index contributed by atoms with van der Waals surface area (Å²) in [5, 5.41) is 5.35. The molecule has 0 radical (unpaired) electrons. The molecular formula is C20H28N4O4S. The number of ether oxygens (including phenoxy) is 1. The van der Waals surface area contributed by atoms with Gasteiger partial charge in [0.25, 0.3) is 5.56 Å². The molecule has 1 heterocycles. The van der Waals surface area contributed by atoms with Crippen LogP contribution < -0.4 is 16.2 Å². The minimum atomic E-state index is -0.623. The van der Waals surface area contributed by atoms with Crippen LogP contribution in [0.5, 0.6) is 0 Å². The van der Waals surface area contributed by atoms with Crippen LogP contribution in [0.3, 0.4) is 0 Å². The summed E-state index contributed by atoms with van der Waals surface area (Å²) in [6, 6.07) is 6.55. The lowest BCUT2D eigenvalue weighted by Crippen LogP contribution is -2.49. The third-order valence-corrected chi connectivity index (χ3v) is 5.02. The van der Waals surface area contributed by atoms with Gasteiger partial charge in [-0.05, 0) is 46.2 Å². The Kier molecular flexibility index (Phi) is 7.80. The smallest absolute Gasteiger partial charge is 0.321 e. The zero-order valence-electron chi connectivity index (χ0n) is 17.4. The predicted molar refractivity (Wildman–Crippen MR) is 114 cm³/mol. The second-order valence-electron chi connectivity index (χ2n) is 7.67. The van der Waals surface area contributed by atoms with Gasteiger partial charge < -0.3 is 10.1 Å². The van der Waals surface area contributed by atoms with E-state index in [9.17, 15) is 14.4 Å². The molecule has 9 heteroatoms. The van der Waals surface area contributed by atoms with Gasteiger partial charge in [0.1, 0.15) is 0 Å². The van der Waals surface area contributed by atoms with Crippen LogP contribution in [0.4, 0.5) is 4.79 Å². The van der Waals surface area contributed by atoms with Crippen LogP contribution in [-0.4, -0.2) is 46.0 Å². The molecule has 0 aliphatic carbocycles. The van der Waals surface area contributed by atoms with E-state index >= 15 is 0 Å². The first kappa shape index (κ1) is 22.9. The Bertz CT molecular complexity index is 936. The van der Waals surface area contributed by atoms with Crippen molar-refractivity contribution in [3.05, 3.63) is 34.6 Å². The first-order valence-corrected chi connectivity index (χ1v) is 10.3. The summed E-state index contributed by atoms with van der Waals surface area (Å²) in [6.45, 7) is 8.08. The van der Waals surface area contributed by atoms with Gasteiger partial charge in [0, 0.05) is 25.8 Å². The van der Waals surface area contributed by atoms with E-state index in [-0.39, 0.29) is 5.56 Å². The lowest BCUT2D eigenvalue weighted by molar-refractivity contribution is -0.119. The molecule has 2 aromatic rings. The van der Waals surface area contributed by atoms with E-state index in [4.69, 9.17) is 4.74 Å². The fourth-order valence-corrected chi connectivity index (χ4v) is 3.53. The molecule has 0 bridgehead atoms. The van der Waals surface area contributed by atoms with E-state index in [0.29, 0.717) is 35.6 Å². The van der Waals surface area contributed by atoms with Crippen molar-refractivity contribution in [2.24, 2.45) is 0 Å². The second kappa shape index (κ2) is 9.89. The van der Waals surface area contributed by atoms with Crippen LogP contribution in [0.1, 0.15) is 34.1 Å². The Labute approximate surface area is 174 Å². The molecule has 2 rings (SSSR count). The summed E-state index contributed by atoms with van der Waals surface area (Å²) in [5.41, 5.74) is -0.0454. The van der Waals surface area contributed by atoms with Crippen molar-refractivity contribution in [1.29, 1.82) is 0 Å². The number of hydrogen-bond donors (Lipinski definition) is 2. The van der Waals surface area contributed by atoms with Gasteiger partial charge in [-0.25, -0.2) is 9.78 Å². The number of para-hydroxylation sites is 1. The Balaban J connectivity index is 2.24. The molecule has 0 saturated heterocycles. The Morgan fingerprint density at radius 3 is 2.62 bits per heavy atom. The molecule has 0 fully saturated rings. The predicted octanol–water partition coefficient (Wildman–Crippen LogP) is 2.54. The molecule has 0 aliphatic heterocycles. The number of urea groups is 1. The third kappa shape index (κ3) is 6.57. The van der Waals surface area contributed by atoms with Crippen LogP contribution in [0.15, 0.2) is 34.2 Å². The average molecular weight is 421 g/mol. The Morgan fingerprint density at radius 2 is 1.97 bits per heavy atom. The lowest BCUT2D eigenvalue weighted by Gasteiger charge is -2.21. The summed E-state index contributed by atoms with van der Waals surface area (Å²) >= 11 is 1.14. The third-order valence-electron chi connectivity index (χ3n) is 3.93. The summed E-state index contributed by atoms with van der Waals surface area (Å²) in [5.74, 6) is -0.456. The van der Waals surface area contributed by atoms with Crippen LogP contribution in [0.2, 0.25) is 0 Å². The van der Waals surface area contributed by atoms with Gasteiger partial charge in [0.05, 0.1) is 16.2 Å². The number of imide groups is 1. The summed E-state index contributed by atoms with van der Waals surface area (Å²) < 4.78 is 6.64.